The molecule has 26 heavy (non-hydrogen) atoms. The van der Waals surface area contributed by atoms with Gasteiger partial charge in [0.05, 0.1) is 5.75 Å². The molecular formula is C20H20N2OS3. The quantitative estimate of drug-likeness (QED) is 0.346. The minimum absolute atomic E-state index is 0.116. The summed E-state index contributed by atoms with van der Waals surface area (Å²) in [4.78, 5) is 12.1. The van der Waals surface area contributed by atoms with Crippen molar-refractivity contribution in [3.8, 4) is 0 Å². The van der Waals surface area contributed by atoms with Crippen LogP contribution >= 0.6 is 34.9 Å². The van der Waals surface area contributed by atoms with Crippen LogP contribution in [0.25, 0.3) is 0 Å². The number of carbonyl (C=O) groups excluding carboxylic acids is 1. The van der Waals surface area contributed by atoms with Gasteiger partial charge in [-0.2, -0.15) is 0 Å². The molecule has 0 spiro atoms. The smallest absolute Gasteiger partial charge is 0.175 e. The number of hydrogen-bond donors (Lipinski definition) is 0. The van der Waals surface area contributed by atoms with Crippen molar-refractivity contribution in [1.82, 2.24) is 10.2 Å². The Kier molecular flexibility index (Phi) is 6.88. The Morgan fingerprint density at radius 2 is 1.62 bits per heavy atom. The molecule has 3 rings (SSSR count). The second kappa shape index (κ2) is 9.35. The molecule has 0 amide bonds. The maximum Gasteiger partial charge on any atom is 0.175 e. The number of Topliss-reactive ketones (excluding diaryl/α,β-unsaturated/α-hetero) is 1. The lowest BCUT2D eigenvalue weighted by atomic mass is 10.0. The van der Waals surface area contributed by atoms with Crippen LogP contribution in [0.5, 0.6) is 0 Å². The predicted molar refractivity (Wildman–Crippen MR) is 111 cm³/mol. The van der Waals surface area contributed by atoms with Crippen LogP contribution in [0.15, 0.2) is 63.3 Å². The van der Waals surface area contributed by atoms with E-state index in [-0.39, 0.29) is 5.78 Å². The molecule has 6 heteroatoms. The molecule has 1 aromatic heterocycles. The van der Waals surface area contributed by atoms with Gasteiger partial charge < -0.3 is 0 Å². The Bertz CT molecular complexity index is 845. The zero-order valence-electron chi connectivity index (χ0n) is 14.7. The first-order valence-corrected chi connectivity index (χ1v) is 11.2. The molecule has 2 aromatic carbocycles. The molecule has 3 aromatic rings. The van der Waals surface area contributed by atoms with E-state index in [0.29, 0.717) is 11.7 Å². The maximum absolute atomic E-state index is 12.1. The molecule has 0 radical (unpaired) electrons. The van der Waals surface area contributed by atoms with Gasteiger partial charge in [-0.1, -0.05) is 103 Å². The molecular weight excluding hydrogens is 380 g/mol. The zero-order chi connectivity index (χ0) is 18.4. The zero-order valence-corrected chi connectivity index (χ0v) is 17.2. The van der Waals surface area contributed by atoms with Crippen LogP contribution in [0.1, 0.15) is 41.3 Å². The number of carbonyl (C=O) groups is 1. The maximum atomic E-state index is 12.1. The first-order valence-electron chi connectivity index (χ1n) is 8.38. The third-order valence-corrected chi connectivity index (χ3v) is 7.08. The topological polar surface area (TPSA) is 42.9 Å². The van der Waals surface area contributed by atoms with Crippen LogP contribution in [0.4, 0.5) is 0 Å². The van der Waals surface area contributed by atoms with Crippen molar-refractivity contribution in [1.29, 1.82) is 0 Å². The van der Waals surface area contributed by atoms with E-state index < -0.39 is 0 Å². The van der Waals surface area contributed by atoms with Crippen molar-refractivity contribution in [2.24, 2.45) is 0 Å². The largest absolute Gasteiger partial charge is 0.293 e. The predicted octanol–water partition coefficient (Wildman–Crippen LogP) is 5.93. The standard InChI is InChI=1S/C20H20N2OS3/c1-14(2)16-10-8-15(9-11-16)12-24-19-21-22-20(26-19)25-13-18(23)17-6-4-3-5-7-17/h3-11,14H,12-13H2,1-2H3. The second-order valence-electron chi connectivity index (χ2n) is 6.10. The van der Waals surface area contributed by atoms with E-state index in [2.05, 4.69) is 48.3 Å². The normalized spacial score (nSPS) is 11.0. The molecule has 0 saturated carbocycles. The molecule has 0 aliphatic rings. The Balaban J connectivity index is 1.49. The summed E-state index contributed by atoms with van der Waals surface area (Å²) in [7, 11) is 0. The highest BCUT2D eigenvalue weighted by Gasteiger charge is 2.10. The fourth-order valence-electron chi connectivity index (χ4n) is 2.29. The molecule has 3 nitrogen and oxygen atoms in total. The number of benzene rings is 2. The van der Waals surface area contributed by atoms with Crippen LogP contribution in [0.3, 0.4) is 0 Å². The summed E-state index contributed by atoms with van der Waals surface area (Å²) in [5.41, 5.74) is 3.38. The van der Waals surface area contributed by atoms with Gasteiger partial charge in [0.2, 0.25) is 0 Å². The van der Waals surface area contributed by atoms with Crippen molar-refractivity contribution in [3.63, 3.8) is 0 Å². The minimum Gasteiger partial charge on any atom is -0.293 e. The number of ketones is 1. The molecule has 0 atom stereocenters. The number of hydrogen-bond acceptors (Lipinski definition) is 6. The second-order valence-corrected chi connectivity index (χ2v) is 9.52. The Hall–Kier alpha value is -1.63. The van der Waals surface area contributed by atoms with Gasteiger partial charge in [0, 0.05) is 11.3 Å². The van der Waals surface area contributed by atoms with E-state index in [1.165, 1.54) is 22.9 Å². The highest BCUT2D eigenvalue weighted by Crippen LogP contribution is 2.31. The Labute approximate surface area is 166 Å². The molecule has 0 bridgehead atoms. The van der Waals surface area contributed by atoms with Gasteiger partial charge in [0.25, 0.3) is 0 Å². The van der Waals surface area contributed by atoms with E-state index >= 15 is 0 Å². The summed E-state index contributed by atoms with van der Waals surface area (Å²) in [5, 5.41) is 8.42. The molecule has 0 N–H and O–H groups in total. The van der Waals surface area contributed by atoms with Crippen LogP contribution in [-0.2, 0) is 5.75 Å². The highest BCUT2D eigenvalue weighted by molar-refractivity contribution is 8.03. The SMILES string of the molecule is CC(C)c1ccc(CSc2nnc(SCC(=O)c3ccccc3)s2)cc1. The molecule has 0 fully saturated rings. The number of nitrogens with zero attached hydrogens (tertiary/aromatic N) is 2. The van der Waals surface area contributed by atoms with Gasteiger partial charge in [0.1, 0.15) is 0 Å². The molecule has 0 unspecified atom stereocenters. The molecule has 1 heterocycles. The van der Waals surface area contributed by atoms with Crippen LogP contribution in [0, 0.1) is 0 Å². The third-order valence-electron chi connectivity index (χ3n) is 3.82. The first kappa shape index (κ1) is 19.1. The molecule has 134 valence electrons. The van der Waals surface area contributed by atoms with E-state index in [9.17, 15) is 4.79 Å². The lowest BCUT2D eigenvalue weighted by molar-refractivity contribution is 0.102. The number of rotatable bonds is 8. The summed E-state index contributed by atoms with van der Waals surface area (Å²) in [6.07, 6.45) is 0. The molecule has 0 saturated heterocycles. The number of aromatic nitrogens is 2. The van der Waals surface area contributed by atoms with Crippen molar-refractivity contribution in [3.05, 3.63) is 71.3 Å². The molecule has 0 aliphatic heterocycles. The van der Waals surface area contributed by atoms with Gasteiger partial charge >= 0.3 is 0 Å². The average molecular weight is 401 g/mol. The minimum atomic E-state index is 0.116. The van der Waals surface area contributed by atoms with Gasteiger partial charge in [-0.25, -0.2) is 0 Å². The highest BCUT2D eigenvalue weighted by atomic mass is 32.2. The Morgan fingerprint density at radius 1 is 0.962 bits per heavy atom. The van der Waals surface area contributed by atoms with Gasteiger partial charge in [-0.05, 0) is 17.0 Å². The van der Waals surface area contributed by atoms with Crippen molar-refractivity contribution in [2.75, 3.05) is 5.75 Å². The summed E-state index contributed by atoms with van der Waals surface area (Å²) < 4.78 is 1.78. The third kappa shape index (κ3) is 5.43. The summed E-state index contributed by atoms with van der Waals surface area (Å²) in [6, 6.07) is 18.1. The van der Waals surface area contributed by atoms with E-state index in [1.807, 2.05) is 30.3 Å². The summed E-state index contributed by atoms with van der Waals surface area (Å²) in [5.74, 6) is 1.93. The fraction of sp³-hybridized carbons (Fsp3) is 0.250. The van der Waals surface area contributed by atoms with E-state index in [1.54, 1.807) is 23.1 Å². The van der Waals surface area contributed by atoms with E-state index in [4.69, 9.17) is 0 Å². The summed E-state index contributed by atoms with van der Waals surface area (Å²) >= 11 is 4.69. The lowest BCUT2D eigenvalue weighted by Gasteiger charge is -2.05. The van der Waals surface area contributed by atoms with Crippen LogP contribution < -0.4 is 0 Å². The van der Waals surface area contributed by atoms with Gasteiger partial charge in [-0.15, -0.1) is 10.2 Å². The lowest BCUT2D eigenvalue weighted by Crippen LogP contribution is -2.01. The fourth-order valence-corrected chi connectivity index (χ4v) is 5.16. The average Bonchev–Trinajstić information content (AvgIpc) is 3.13. The van der Waals surface area contributed by atoms with Crippen LogP contribution in [-0.4, -0.2) is 21.7 Å². The van der Waals surface area contributed by atoms with Crippen molar-refractivity contribution >= 4 is 40.6 Å². The number of thioether (sulfide) groups is 2. The van der Waals surface area contributed by atoms with Gasteiger partial charge in [0.15, 0.2) is 14.5 Å². The monoisotopic (exact) mass is 400 g/mol. The Morgan fingerprint density at radius 3 is 2.27 bits per heavy atom. The van der Waals surface area contributed by atoms with E-state index in [0.717, 1.165) is 20.0 Å². The first-order chi connectivity index (χ1) is 12.6. The van der Waals surface area contributed by atoms with Crippen molar-refractivity contribution in [2.45, 2.75) is 34.2 Å². The van der Waals surface area contributed by atoms with Crippen LogP contribution in [0.2, 0.25) is 0 Å². The summed E-state index contributed by atoms with van der Waals surface area (Å²) in [6.45, 7) is 4.40. The van der Waals surface area contributed by atoms with Gasteiger partial charge in [-0.3, -0.25) is 4.79 Å². The van der Waals surface area contributed by atoms with Crippen molar-refractivity contribution < 1.29 is 4.79 Å². The molecule has 0 aliphatic carbocycles.